The van der Waals surface area contributed by atoms with Crippen LogP contribution in [0, 0.1) is 0 Å². The van der Waals surface area contributed by atoms with E-state index < -0.39 is 0 Å². The average Bonchev–Trinajstić information content (AvgIpc) is 2.93. The van der Waals surface area contributed by atoms with Crippen LogP contribution in [-0.2, 0) is 0 Å². The minimum Gasteiger partial charge on any atom is -0.454 e. The van der Waals surface area contributed by atoms with Gasteiger partial charge >= 0.3 is 0 Å². The van der Waals surface area contributed by atoms with Gasteiger partial charge in [-0.3, -0.25) is 9.78 Å². The van der Waals surface area contributed by atoms with Gasteiger partial charge in [0.15, 0.2) is 11.9 Å². The number of carbonyl (C=O) groups excluding carboxylic acids is 1. The van der Waals surface area contributed by atoms with Crippen molar-refractivity contribution in [1.82, 2.24) is 4.98 Å². The zero-order valence-corrected chi connectivity index (χ0v) is 12.2. The number of hydrogen-bond acceptors (Lipinski definition) is 3. The molecule has 22 heavy (non-hydrogen) atoms. The molecular formula is C18H10ClNO2. The van der Waals surface area contributed by atoms with Crippen LogP contribution in [0.4, 0.5) is 0 Å². The van der Waals surface area contributed by atoms with Crippen molar-refractivity contribution in [3.63, 3.8) is 0 Å². The van der Waals surface area contributed by atoms with E-state index in [1.54, 1.807) is 24.4 Å². The first kappa shape index (κ1) is 13.0. The van der Waals surface area contributed by atoms with Crippen molar-refractivity contribution in [1.29, 1.82) is 0 Å². The predicted octanol–water partition coefficient (Wildman–Crippen LogP) is 5.11. The minimum atomic E-state index is 0.574. The first-order chi connectivity index (χ1) is 10.8. The summed E-state index contributed by atoms with van der Waals surface area (Å²) >= 11 is 6.09. The average molecular weight is 308 g/mol. The topological polar surface area (TPSA) is 43.1 Å². The first-order valence-electron chi connectivity index (χ1n) is 6.79. The second-order valence-corrected chi connectivity index (χ2v) is 5.42. The van der Waals surface area contributed by atoms with Gasteiger partial charge in [-0.2, -0.15) is 0 Å². The lowest BCUT2D eigenvalue weighted by atomic mass is 9.99. The quantitative estimate of drug-likeness (QED) is 0.483. The lowest BCUT2D eigenvalue weighted by Crippen LogP contribution is -1.88. The number of fused-ring (bicyclic) bond motifs is 3. The van der Waals surface area contributed by atoms with E-state index in [-0.39, 0.29) is 0 Å². The Labute approximate surface area is 131 Å². The van der Waals surface area contributed by atoms with Crippen molar-refractivity contribution in [3.05, 3.63) is 65.3 Å². The van der Waals surface area contributed by atoms with Gasteiger partial charge in [0.2, 0.25) is 0 Å². The van der Waals surface area contributed by atoms with Gasteiger partial charge in [0, 0.05) is 27.7 Å². The molecule has 0 saturated heterocycles. The number of carbonyl (C=O) groups is 1. The fraction of sp³-hybridized carbons (Fsp3) is 0. The third kappa shape index (κ3) is 1.90. The molecule has 0 bridgehead atoms. The Morgan fingerprint density at radius 2 is 1.95 bits per heavy atom. The number of halogens is 1. The van der Waals surface area contributed by atoms with Crippen LogP contribution in [-0.4, -0.2) is 11.3 Å². The van der Waals surface area contributed by atoms with Crippen molar-refractivity contribution in [2.45, 2.75) is 0 Å². The predicted molar refractivity (Wildman–Crippen MR) is 87.3 cm³/mol. The Kier molecular flexibility index (Phi) is 2.94. The van der Waals surface area contributed by atoms with Gasteiger partial charge in [-0.25, -0.2) is 0 Å². The molecule has 2 aromatic heterocycles. The maximum absolute atomic E-state index is 11.3. The van der Waals surface area contributed by atoms with E-state index in [4.69, 9.17) is 16.0 Å². The number of para-hydroxylation sites is 1. The molecule has 2 heterocycles. The zero-order valence-electron chi connectivity index (χ0n) is 11.4. The summed E-state index contributed by atoms with van der Waals surface area (Å²) in [7, 11) is 0. The van der Waals surface area contributed by atoms with Gasteiger partial charge in [0.25, 0.3) is 0 Å². The van der Waals surface area contributed by atoms with Crippen LogP contribution in [0.5, 0.6) is 0 Å². The number of aromatic nitrogens is 1. The fourth-order valence-electron chi connectivity index (χ4n) is 2.70. The molecule has 0 fully saturated rings. The first-order valence-corrected chi connectivity index (χ1v) is 7.17. The molecule has 0 spiro atoms. The Morgan fingerprint density at radius 3 is 2.82 bits per heavy atom. The fourth-order valence-corrected chi connectivity index (χ4v) is 2.87. The number of nitrogens with zero attached hydrogens (tertiary/aromatic N) is 1. The standard InChI is InChI=1S/C18H10ClNO2/c19-12-7-6-11(10-21)15(9-12)13-3-1-4-14-17-16(22-18(13)14)5-2-8-20-17/h1-10H. The molecule has 4 rings (SSSR count). The van der Waals surface area contributed by atoms with E-state index in [1.165, 1.54) is 0 Å². The molecule has 4 heteroatoms. The number of pyridine rings is 1. The molecule has 0 atom stereocenters. The minimum absolute atomic E-state index is 0.574. The SMILES string of the molecule is O=Cc1ccc(Cl)cc1-c1cccc2c1oc1cccnc12. The molecule has 3 nitrogen and oxygen atoms in total. The van der Waals surface area contributed by atoms with Crippen molar-refractivity contribution < 1.29 is 9.21 Å². The van der Waals surface area contributed by atoms with Gasteiger partial charge in [0.1, 0.15) is 11.1 Å². The summed E-state index contributed by atoms with van der Waals surface area (Å²) in [5.74, 6) is 0. The van der Waals surface area contributed by atoms with Gasteiger partial charge in [-0.05, 0) is 42.0 Å². The van der Waals surface area contributed by atoms with Crippen molar-refractivity contribution in [2.75, 3.05) is 0 Å². The lowest BCUT2D eigenvalue weighted by molar-refractivity contribution is 0.112. The number of hydrogen-bond donors (Lipinski definition) is 0. The van der Waals surface area contributed by atoms with Crippen LogP contribution < -0.4 is 0 Å². The summed E-state index contributed by atoms with van der Waals surface area (Å²) in [6, 6.07) is 14.7. The normalized spacial score (nSPS) is 11.1. The van der Waals surface area contributed by atoms with Crippen LogP contribution in [0.15, 0.2) is 59.1 Å². The molecule has 0 unspecified atom stereocenters. The third-order valence-corrected chi connectivity index (χ3v) is 3.92. The summed E-state index contributed by atoms with van der Waals surface area (Å²) < 4.78 is 5.96. The Hall–Kier alpha value is -2.65. The summed E-state index contributed by atoms with van der Waals surface area (Å²) in [6.07, 6.45) is 2.56. The van der Waals surface area contributed by atoms with E-state index in [0.717, 1.165) is 33.9 Å². The molecule has 0 aliphatic rings. The largest absolute Gasteiger partial charge is 0.454 e. The van der Waals surface area contributed by atoms with Crippen molar-refractivity contribution >= 4 is 40.0 Å². The molecule has 0 aliphatic heterocycles. The number of benzene rings is 2. The van der Waals surface area contributed by atoms with E-state index in [1.807, 2.05) is 30.3 Å². The third-order valence-electron chi connectivity index (χ3n) is 3.69. The van der Waals surface area contributed by atoms with Crippen LogP contribution in [0.1, 0.15) is 10.4 Å². The maximum Gasteiger partial charge on any atom is 0.153 e. The monoisotopic (exact) mass is 307 g/mol. The number of rotatable bonds is 2. The Morgan fingerprint density at radius 1 is 1.05 bits per heavy atom. The Bertz CT molecular complexity index is 1020. The van der Waals surface area contributed by atoms with E-state index >= 15 is 0 Å². The molecule has 0 aliphatic carbocycles. The van der Waals surface area contributed by atoms with Crippen molar-refractivity contribution in [3.8, 4) is 11.1 Å². The van der Waals surface area contributed by atoms with Crippen LogP contribution in [0.25, 0.3) is 33.2 Å². The highest BCUT2D eigenvalue weighted by Gasteiger charge is 2.15. The summed E-state index contributed by atoms with van der Waals surface area (Å²) in [6.45, 7) is 0. The second-order valence-electron chi connectivity index (χ2n) is 4.98. The molecule has 0 radical (unpaired) electrons. The lowest BCUT2D eigenvalue weighted by Gasteiger charge is -2.06. The van der Waals surface area contributed by atoms with Gasteiger partial charge in [-0.1, -0.05) is 23.7 Å². The molecule has 4 aromatic rings. The van der Waals surface area contributed by atoms with Crippen LogP contribution in [0.2, 0.25) is 5.02 Å². The summed E-state index contributed by atoms with van der Waals surface area (Å²) in [4.78, 5) is 15.7. The molecule has 0 N–H and O–H groups in total. The highest BCUT2D eigenvalue weighted by atomic mass is 35.5. The highest BCUT2D eigenvalue weighted by molar-refractivity contribution is 6.31. The van der Waals surface area contributed by atoms with Crippen molar-refractivity contribution in [2.24, 2.45) is 0 Å². The molecular weight excluding hydrogens is 298 g/mol. The van der Waals surface area contributed by atoms with Gasteiger partial charge in [0.05, 0.1) is 0 Å². The molecule has 2 aromatic carbocycles. The highest BCUT2D eigenvalue weighted by Crippen LogP contribution is 2.36. The van der Waals surface area contributed by atoms with E-state index in [0.29, 0.717) is 16.2 Å². The number of aldehydes is 1. The molecule has 0 amide bonds. The number of furan rings is 1. The summed E-state index contributed by atoms with van der Waals surface area (Å²) in [5, 5.41) is 1.50. The van der Waals surface area contributed by atoms with E-state index in [9.17, 15) is 4.79 Å². The van der Waals surface area contributed by atoms with Gasteiger partial charge in [-0.15, -0.1) is 0 Å². The van der Waals surface area contributed by atoms with Crippen LogP contribution >= 0.6 is 11.6 Å². The van der Waals surface area contributed by atoms with E-state index in [2.05, 4.69) is 4.98 Å². The summed E-state index contributed by atoms with van der Waals surface area (Å²) in [5.41, 5.74) is 4.41. The Balaban J connectivity index is 2.12. The molecule has 0 saturated carbocycles. The smallest absolute Gasteiger partial charge is 0.153 e. The van der Waals surface area contributed by atoms with Gasteiger partial charge < -0.3 is 4.42 Å². The maximum atomic E-state index is 11.3. The van der Waals surface area contributed by atoms with Crippen LogP contribution in [0.3, 0.4) is 0 Å². The molecule has 106 valence electrons. The second kappa shape index (κ2) is 4.97. The zero-order chi connectivity index (χ0) is 15.1.